The number of carbonyl (C=O) groups excluding carboxylic acids is 1. The first kappa shape index (κ1) is 15.8. The monoisotopic (exact) mass is 300 g/mol. The van der Waals surface area contributed by atoms with E-state index in [1.807, 2.05) is 6.92 Å². The summed E-state index contributed by atoms with van der Waals surface area (Å²) in [6.07, 6.45) is -1.94. The van der Waals surface area contributed by atoms with Crippen molar-refractivity contribution in [2.45, 2.75) is 32.4 Å². The number of hydrogen-bond acceptors (Lipinski definition) is 2. The van der Waals surface area contributed by atoms with E-state index in [4.69, 9.17) is 0 Å². The van der Waals surface area contributed by atoms with E-state index in [0.717, 1.165) is 31.5 Å². The predicted molar refractivity (Wildman–Crippen MR) is 74.9 cm³/mol. The number of rotatable bonds is 3. The minimum atomic E-state index is -4.36. The fourth-order valence-electron chi connectivity index (χ4n) is 2.63. The van der Waals surface area contributed by atoms with Crippen molar-refractivity contribution in [2.24, 2.45) is 5.41 Å². The summed E-state index contributed by atoms with van der Waals surface area (Å²) in [5, 5.41) is 5.95. The van der Waals surface area contributed by atoms with Crippen molar-refractivity contribution in [3.63, 3.8) is 0 Å². The Hall–Kier alpha value is -1.56. The van der Waals surface area contributed by atoms with E-state index < -0.39 is 17.2 Å². The molecule has 1 amide bonds. The highest BCUT2D eigenvalue weighted by molar-refractivity contribution is 5.95. The zero-order valence-electron chi connectivity index (χ0n) is 11.9. The largest absolute Gasteiger partial charge is 0.416 e. The number of benzene rings is 1. The summed E-state index contributed by atoms with van der Waals surface area (Å²) in [5.41, 5.74) is -0.794. The second kappa shape index (κ2) is 6.05. The van der Waals surface area contributed by atoms with Crippen LogP contribution in [-0.2, 0) is 11.0 Å². The van der Waals surface area contributed by atoms with Crippen LogP contribution in [0.15, 0.2) is 24.3 Å². The molecule has 0 aromatic heterocycles. The normalized spacial score (nSPS) is 22.9. The predicted octanol–water partition coefficient (Wildman–Crippen LogP) is 3.42. The maximum atomic E-state index is 12.5. The molecule has 3 nitrogen and oxygen atoms in total. The van der Waals surface area contributed by atoms with Gasteiger partial charge in [0.1, 0.15) is 0 Å². The van der Waals surface area contributed by atoms with Crippen LogP contribution in [0.1, 0.15) is 31.7 Å². The van der Waals surface area contributed by atoms with Gasteiger partial charge in [-0.25, -0.2) is 0 Å². The average Bonchev–Trinajstić information content (AvgIpc) is 2.47. The second-order valence-electron chi connectivity index (χ2n) is 5.44. The van der Waals surface area contributed by atoms with Gasteiger partial charge in [-0.2, -0.15) is 13.2 Å². The molecule has 2 N–H and O–H groups in total. The number of piperidine rings is 1. The third kappa shape index (κ3) is 3.56. The van der Waals surface area contributed by atoms with E-state index in [1.165, 1.54) is 12.1 Å². The van der Waals surface area contributed by atoms with Gasteiger partial charge < -0.3 is 10.6 Å². The number of alkyl halides is 3. The van der Waals surface area contributed by atoms with Gasteiger partial charge in [0.25, 0.3) is 0 Å². The first-order valence-electron chi connectivity index (χ1n) is 7.07. The van der Waals surface area contributed by atoms with Crippen molar-refractivity contribution < 1.29 is 18.0 Å². The van der Waals surface area contributed by atoms with E-state index in [2.05, 4.69) is 10.6 Å². The molecular weight excluding hydrogens is 281 g/mol. The Balaban J connectivity index is 2.08. The van der Waals surface area contributed by atoms with Crippen LogP contribution >= 0.6 is 0 Å². The summed E-state index contributed by atoms with van der Waals surface area (Å²) in [6.45, 7) is 3.46. The SMILES string of the molecule is CCC1(C(=O)Nc2ccc(C(F)(F)F)cc2)CCCNC1. The quantitative estimate of drug-likeness (QED) is 0.898. The van der Waals surface area contributed by atoms with Crippen molar-refractivity contribution >= 4 is 11.6 Å². The summed E-state index contributed by atoms with van der Waals surface area (Å²) in [4.78, 5) is 12.4. The molecule has 0 saturated carbocycles. The van der Waals surface area contributed by atoms with E-state index in [9.17, 15) is 18.0 Å². The topological polar surface area (TPSA) is 41.1 Å². The molecule has 1 fully saturated rings. The highest BCUT2D eigenvalue weighted by Gasteiger charge is 2.38. The van der Waals surface area contributed by atoms with Crippen LogP contribution in [0.3, 0.4) is 0 Å². The molecule has 1 aliphatic heterocycles. The third-order valence-electron chi connectivity index (χ3n) is 4.10. The Morgan fingerprint density at radius 1 is 1.33 bits per heavy atom. The number of carbonyl (C=O) groups is 1. The molecule has 2 rings (SSSR count). The van der Waals surface area contributed by atoms with Gasteiger partial charge in [0.2, 0.25) is 5.91 Å². The molecule has 1 heterocycles. The molecule has 116 valence electrons. The Labute approximate surface area is 121 Å². The fourth-order valence-corrected chi connectivity index (χ4v) is 2.63. The van der Waals surface area contributed by atoms with Gasteiger partial charge in [0.15, 0.2) is 0 Å². The zero-order valence-corrected chi connectivity index (χ0v) is 11.9. The molecule has 6 heteroatoms. The Bertz CT molecular complexity index is 491. The van der Waals surface area contributed by atoms with Crippen molar-refractivity contribution in [3.8, 4) is 0 Å². The molecule has 0 aliphatic carbocycles. The van der Waals surface area contributed by atoms with Crippen molar-refractivity contribution in [2.75, 3.05) is 18.4 Å². The molecular formula is C15H19F3N2O. The lowest BCUT2D eigenvalue weighted by Gasteiger charge is -2.35. The first-order chi connectivity index (χ1) is 9.87. The molecule has 1 unspecified atom stereocenters. The van der Waals surface area contributed by atoms with Crippen LogP contribution in [0.2, 0.25) is 0 Å². The van der Waals surface area contributed by atoms with Crippen LogP contribution in [0.5, 0.6) is 0 Å². The highest BCUT2D eigenvalue weighted by Crippen LogP contribution is 2.33. The minimum absolute atomic E-state index is 0.128. The lowest BCUT2D eigenvalue weighted by Crippen LogP contribution is -2.47. The number of halogens is 3. The molecule has 0 bridgehead atoms. The van der Waals surface area contributed by atoms with Crippen LogP contribution < -0.4 is 10.6 Å². The Morgan fingerprint density at radius 3 is 2.48 bits per heavy atom. The van der Waals surface area contributed by atoms with E-state index in [-0.39, 0.29) is 5.91 Å². The molecule has 1 atom stereocenters. The second-order valence-corrected chi connectivity index (χ2v) is 5.44. The van der Waals surface area contributed by atoms with Gasteiger partial charge in [0.05, 0.1) is 11.0 Å². The van der Waals surface area contributed by atoms with Gasteiger partial charge in [-0.05, 0) is 50.1 Å². The lowest BCUT2D eigenvalue weighted by atomic mass is 9.77. The molecule has 1 aromatic carbocycles. The Morgan fingerprint density at radius 2 is 2.00 bits per heavy atom. The minimum Gasteiger partial charge on any atom is -0.326 e. The van der Waals surface area contributed by atoms with E-state index in [0.29, 0.717) is 18.7 Å². The van der Waals surface area contributed by atoms with Gasteiger partial charge in [0, 0.05) is 12.2 Å². The third-order valence-corrected chi connectivity index (χ3v) is 4.10. The van der Waals surface area contributed by atoms with Crippen LogP contribution in [0, 0.1) is 5.41 Å². The van der Waals surface area contributed by atoms with E-state index in [1.54, 1.807) is 0 Å². The maximum absolute atomic E-state index is 12.5. The standard InChI is InChI=1S/C15H19F3N2O/c1-2-14(8-3-9-19-10-14)13(21)20-12-6-4-11(5-7-12)15(16,17)18/h4-7,19H,2-3,8-10H2,1H3,(H,20,21). The van der Waals surface area contributed by atoms with Gasteiger partial charge in [-0.1, -0.05) is 6.92 Å². The first-order valence-corrected chi connectivity index (χ1v) is 7.07. The maximum Gasteiger partial charge on any atom is 0.416 e. The summed E-state index contributed by atoms with van der Waals surface area (Å²) in [6, 6.07) is 4.54. The smallest absolute Gasteiger partial charge is 0.326 e. The van der Waals surface area contributed by atoms with Crippen LogP contribution in [0.4, 0.5) is 18.9 Å². The summed E-state index contributed by atoms with van der Waals surface area (Å²) >= 11 is 0. The fraction of sp³-hybridized carbons (Fsp3) is 0.533. The summed E-state index contributed by atoms with van der Waals surface area (Å²) < 4.78 is 37.5. The molecule has 21 heavy (non-hydrogen) atoms. The number of hydrogen-bond donors (Lipinski definition) is 2. The zero-order chi connectivity index (χ0) is 15.5. The van der Waals surface area contributed by atoms with Crippen LogP contribution in [-0.4, -0.2) is 19.0 Å². The number of nitrogens with one attached hydrogen (secondary N) is 2. The summed E-state index contributed by atoms with van der Waals surface area (Å²) in [5.74, 6) is -0.128. The summed E-state index contributed by atoms with van der Waals surface area (Å²) in [7, 11) is 0. The van der Waals surface area contributed by atoms with Gasteiger partial charge in [-0.3, -0.25) is 4.79 Å². The molecule has 1 aromatic rings. The molecule has 1 saturated heterocycles. The number of amides is 1. The van der Waals surface area contributed by atoms with Gasteiger partial charge >= 0.3 is 6.18 Å². The Kier molecular flexibility index (Phi) is 4.56. The number of anilines is 1. The van der Waals surface area contributed by atoms with E-state index >= 15 is 0 Å². The molecule has 0 spiro atoms. The molecule has 1 aliphatic rings. The van der Waals surface area contributed by atoms with Gasteiger partial charge in [-0.15, -0.1) is 0 Å². The lowest BCUT2D eigenvalue weighted by molar-refractivity contribution is -0.137. The highest BCUT2D eigenvalue weighted by atomic mass is 19.4. The van der Waals surface area contributed by atoms with Crippen molar-refractivity contribution in [1.82, 2.24) is 5.32 Å². The molecule has 0 radical (unpaired) electrons. The van der Waals surface area contributed by atoms with Crippen LogP contribution in [0.25, 0.3) is 0 Å². The average molecular weight is 300 g/mol. The van der Waals surface area contributed by atoms with Crippen molar-refractivity contribution in [3.05, 3.63) is 29.8 Å². The van der Waals surface area contributed by atoms with Crippen molar-refractivity contribution in [1.29, 1.82) is 0 Å².